The van der Waals surface area contributed by atoms with Crippen molar-refractivity contribution in [2.24, 2.45) is 0 Å². The monoisotopic (exact) mass is 202 g/mol. The van der Waals surface area contributed by atoms with Gasteiger partial charge < -0.3 is 15.7 Å². The highest BCUT2D eigenvalue weighted by molar-refractivity contribution is 5.67. The van der Waals surface area contributed by atoms with Gasteiger partial charge in [-0.1, -0.05) is 0 Å². The molecule has 0 fully saturated rings. The molecule has 0 amide bonds. The van der Waals surface area contributed by atoms with Crippen molar-refractivity contribution in [2.75, 3.05) is 30.8 Å². The van der Waals surface area contributed by atoms with Crippen LogP contribution in [0.2, 0.25) is 0 Å². The van der Waals surface area contributed by atoms with Gasteiger partial charge in [-0.15, -0.1) is 0 Å². The van der Waals surface area contributed by atoms with Gasteiger partial charge in [0.05, 0.1) is 18.0 Å². The lowest BCUT2D eigenvalue weighted by Gasteiger charge is -2.19. The van der Waals surface area contributed by atoms with Crippen LogP contribution >= 0.6 is 0 Å². The molecule has 78 valence electrons. The lowest BCUT2D eigenvalue weighted by Crippen LogP contribution is -2.22. The Hall–Kier alpha value is -1.36. The highest BCUT2D eigenvalue weighted by atomic mass is 19.2. The number of hydrogen-bond donors (Lipinski definition) is 2. The summed E-state index contributed by atoms with van der Waals surface area (Å²) in [6, 6.07) is 1.94. The molecular formula is C9H12F2N2O. The Labute approximate surface area is 80.8 Å². The number of aliphatic hydroxyl groups is 1. The van der Waals surface area contributed by atoms with Crippen molar-refractivity contribution in [2.45, 2.75) is 0 Å². The number of anilines is 2. The minimum absolute atomic E-state index is 0.0745. The third-order valence-electron chi connectivity index (χ3n) is 1.92. The maximum Gasteiger partial charge on any atom is 0.161 e. The molecule has 0 saturated carbocycles. The van der Waals surface area contributed by atoms with E-state index in [2.05, 4.69) is 0 Å². The fourth-order valence-corrected chi connectivity index (χ4v) is 1.15. The average molecular weight is 202 g/mol. The predicted octanol–water partition coefficient (Wildman–Crippen LogP) is 0.975. The molecule has 0 spiro atoms. The molecule has 0 heterocycles. The number of benzene rings is 1. The standard InChI is InChI=1S/C9H12F2N2O/c1-13(2-3-14)9-5-7(11)6(10)4-8(9)12/h4-5,14H,2-3,12H2,1H3. The van der Waals surface area contributed by atoms with Crippen LogP contribution in [0.1, 0.15) is 0 Å². The van der Waals surface area contributed by atoms with E-state index < -0.39 is 11.6 Å². The summed E-state index contributed by atoms with van der Waals surface area (Å²) in [5.74, 6) is -1.91. The Morgan fingerprint density at radius 1 is 1.36 bits per heavy atom. The Bertz CT molecular complexity index is 331. The second-order valence-corrected chi connectivity index (χ2v) is 2.97. The van der Waals surface area contributed by atoms with Crippen LogP contribution in [-0.2, 0) is 0 Å². The van der Waals surface area contributed by atoms with Crippen LogP contribution in [-0.4, -0.2) is 25.3 Å². The summed E-state index contributed by atoms with van der Waals surface area (Å²) in [6.45, 7) is 0.240. The largest absolute Gasteiger partial charge is 0.397 e. The zero-order valence-corrected chi connectivity index (χ0v) is 7.80. The third-order valence-corrected chi connectivity index (χ3v) is 1.92. The topological polar surface area (TPSA) is 49.5 Å². The van der Waals surface area contributed by atoms with E-state index in [0.717, 1.165) is 12.1 Å². The molecule has 0 atom stereocenters. The van der Waals surface area contributed by atoms with Crippen molar-refractivity contribution in [3.05, 3.63) is 23.8 Å². The van der Waals surface area contributed by atoms with E-state index in [-0.39, 0.29) is 12.3 Å². The quantitative estimate of drug-likeness (QED) is 0.718. The fraction of sp³-hybridized carbons (Fsp3) is 0.333. The molecule has 0 bridgehead atoms. The lowest BCUT2D eigenvalue weighted by atomic mass is 10.2. The first-order chi connectivity index (χ1) is 6.56. The van der Waals surface area contributed by atoms with E-state index in [1.54, 1.807) is 11.9 Å². The number of aliphatic hydroxyl groups excluding tert-OH is 1. The van der Waals surface area contributed by atoms with Gasteiger partial charge in [0, 0.05) is 25.7 Å². The van der Waals surface area contributed by atoms with Gasteiger partial charge in [-0.05, 0) is 0 Å². The van der Waals surface area contributed by atoms with Crippen LogP contribution < -0.4 is 10.6 Å². The molecule has 3 N–H and O–H groups in total. The molecule has 5 heteroatoms. The lowest BCUT2D eigenvalue weighted by molar-refractivity contribution is 0.304. The van der Waals surface area contributed by atoms with Crippen LogP contribution in [0.15, 0.2) is 12.1 Å². The molecule has 0 aliphatic heterocycles. The Kier molecular flexibility index (Phi) is 3.24. The number of nitrogens with zero attached hydrogens (tertiary/aromatic N) is 1. The van der Waals surface area contributed by atoms with Crippen molar-refractivity contribution in [1.82, 2.24) is 0 Å². The highest BCUT2D eigenvalue weighted by Crippen LogP contribution is 2.24. The van der Waals surface area contributed by atoms with Crippen molar-refractivity contribution in [3.8, 4) is 0 Å². The molecular weight excluding hydrogens is 190 g/mol. The zero-order valence-electron chi connectivity index (χ0n) is 7.80. The average Bonchev–Trinajstić information content (AvgIpc) is 2.11. The number of halogens is 2. The van der Waals surface area contributed by atoms with Crippen molar-refractivity contribution in [1.29, 1.82) is 0 Å². The van der Waals surface area contributed by atoms with E-state index in [0.29, 0.717) is 12.2 Å². The number of rotatable bonds is 3. The number of hydrogen-bond acceptors (Lipinski definition) is 3. The minimum Gasteiger partial charge on any atom is -0.397 e. The number of nitrogens with two attached hydrogens (primary N) is 1. The SMILES string of the molecule is CN(CCO)c1cc(F)c(F)cc1N. The van der Waals surface area contributed by atoms with Crippen molar-refractivity contribution >= 4 is 11.4 Å². The first-order valence-electron chi connectivity index (χ1n) is 4.12. The number of likely N-dealkylation sites (N-methyl/N-ethyl adjacent to an activating group) is 1. The molecule has 0 unspecified atom stereocenters. The molecule has 1 aromatic carbocycles. The van der Waals surface area contributed by atoms with Gasteiger partial charge in [0.15, 0.2) is 11.6 Å². The van der Waals surface area contributed by atoms with Gasteiger partial charge in [-0.25, -0.2) is 8.78 Å². The predicted molar refractivity (Wildman–Crippen MR) is 51.1 cm³/mol. The Balaban J connectivity index is 3.02. The molecule has 0 radical (unpaired) electrons. The summed E-state index contributed by atoms with van der Waals surface area (Å²) >= 11 is 0. The normalized spacial score (nSPS) is 10.3. The molecule has 1 aromatic rings. The summed E-state index contributed by atoms with van der Waals surface area (Å²) in [5, 5.41) is 8.66. The van der Waals surface area contributed by atoms with Crippen LogP contribution in [0.25, 0.3) is 0 Å². The second kappa shape index (κ2) is 4.23. The molecule has 1 rings (SSSR count). The summed E-state index contributed by atoms with van der Waals surface area (Å²) < 4.78 is 25.5. The van der Waals surface area contributed by atoms with Gasteiger partial charge in [0.25, 0.3) is 0 Å². The van der Waals surface area contributed by atoms with E-state index in [1.807, 2.05) is 0 Å². The van der Waals surface area contributed by atoms with E-state index in [4.69, 9.17) is 10.8 Å². The molecule has 0 aromatic heterocycles. The third kappa shape index (κ3) is 2.11. The molecule has 14 heavy (non-hydrogen) atoms. The van der Waals surface area contributed by atoms with Crippen LogP contribution in [0, 0.1) is 11.6 Å². The first kappa shape index (κ1) is 10.7. The molecule has 0 aliphatic carbocycles. The van der Waals surface area contributed by atoms with Gasteiger partial charge >= 0.3 is 0 Å². The fourth-order valence-electron chi connectivity index (χ4n) is 1.15. The Morgan fingerprint density at radius 2 is 1.93 bits per heavy atom. The van der Waals surface area contributed by atoms with Crippen LogP contribution in [0.4, 0.5) is 20.2 Å². The summed E-state index contributed by atoms with van der Waals surface area (Å²) in [5.41, 5.74) is 6.02. The minimum atomic E-state index is -0.969. The highest BCUT2D eigenvalue weighted by Gasteiger charge is 2.10. The zero-order chi connectivity index (χ0) is 10.7. The number of nitrogen functional groups attached to an aromatic ring is 1. The maximum atomic E-state index is 12.8. The van der Waals surface area contributed by atoms with Crippen molar-refractivity contribution in [3.63, 3.8) is 0 Å². The summed E-state index contributed by atoms with van der Waals surface area (Å²) in [6.07, 6.45) is 0. The summed E-state index contributed by atoms with van der Waals surface area (Å²) in [4.78, 5) is 1.55. The van der Waals surface area contributed by atoms with Gasteiger partial charge in [0.1, 0.15) is 0 Å². The van der Waals surface area contributed by atoms with E-state index in [9.17, 15) is 8.78 Å². The van der Waals surface area contributed by atoms with Crippen LogP contribution in [0.3, 0.4) is 0 Å². The molecule has 0 aliphatic rings. The molecule has 0 saturated heterocycles. The second-order valence-electron chi connectivity index (χ2n) is 2.97. The first-order valence-corrected chi connectivity index (χ1v) is 4.12. The summed E-state index contributed by atoms with van der Waals surface area (Å²) in [7, 11) is 1.64. The Morgan fingerprint density at radius 3 is 2.50 bits per heavy atom. The molecule has 3 nitrogen and oxygen atoms in total. The van der Waals surface area contributed by atoms with Crippen LogP contribution in [0.5, 0.6) is 0 Å². The van der Waals surface area contributed by atoms with Gasteiger partial charge in [0.2, 0.25) is 0 Å². The van der Waals surface area contributed by atoms with Gasteiger partial charge in [-0.2, -0.15) is 0 Å². The smallest absolute Gasteiger partial charge is 0.161 e. The maximum absolute atomic E-state index is 12.8. The van der Waals surface area contributed by atoms with Gasteiger partial charge in [-0.3, -0.25) is 0 Å². The van der Waals surface area contributed by atoms with E-state index in [1.165, 1.54) is 0 Å². The van der Waals surface area contributed by atoms with Crippen molar-refractivity contribution < 1.29 is 13.9 Å². The van der Waals surface area contributed by atoms with E-state index >= 15 is 0 Å².